The third kappa shape index (κ3) is 3.19. The number of hydrogen-bond donors (Lipinski definition) is 0. The first kappa shape index (κ1) is 19.4. The summed E-state index contributed by atoms with van der Waals surface area (Å²) in [6.07, 6.45) is 1.41. The first-order valence-corrected chi connectivity index (χ1v) is 8.76. The number of likely N-dealkylation sites (N-methyl/N-ethyl adjacent to an activating group) is 1. The molecular formula is C19H23N5O4. The van der Waals surface area contributed by atoms with Crippen molar-refractivity contribution in [1.82, 2.24) is 23.6 Å². The molecule has 0 fully saturated rings. The van der Waals surface area contributed by atoms with E-state index in [9.17, 15) is 14.4 Å². The van der Waals surface area contributed by atoms with Crippen LogP contribution in [0.5, 0.6) is 5.75 Å². The van der Waals surface area contributed by atoms with Crippen molar-refractivity contribution in [2.45, 2.75) is 19.5 Å². The van der Waals surface area contributed by atoms with Crippen LogP contribution in [0.3, 0.4) is 0 Å². The molecule has 1 aromatic carbocycles. The van der Waals surface area contributed by atoms with Crippen LogP contribution in [-0.2, 0) is 25.4 Å². The Morgan fingerprint density at radius 1 is 1.18 bits per heavy atom. The lowest BCUT2D eigenvalue weighted by atomic mass is 10.1. The van der Waals surface area contributed by atoms with Gasteiger partial charge in [-0.15, -0.1) is 0 Å². The van der Waals surface area contributed by atoms with E-state index in [1.165, 1.54) is 22.5 Å². The summed E-state index contributed by atoms with van der Waals surface area (Å²) < 4.78 is 8.94. The Morgan fingerprint density at radius 2 is 1.82 bits per heavy atom. The SMILES string of the molecule is COc1ccc(C(C)N(C)C(=O)Cn2cnc3c2c(=O)n(C)c(=O)n3C)cc1. The Morgan fingerprint density at radius 3 is 2.43 bits per heavy atom. The second kappa shape index (κ2) is 7.34. The van der Waals surface area contributed by atoms with Gasteiger partial charge < -0.3 is 14.2 Å². The van der Waals surface area contributed by atoms with E-state index < -0.39 is 11.2 Å². The molecule has 0 radical (unpaired) electrons. The molecule has 2 aromatic heterocycles. The first-order chi connectivity index (χ1) is 13.3. The maximum Gasteiger partial charge on any atom is 0.332 e. The lowest BCUT2D eigenvalue weighted by Gasteiger charge is -2.25. The number of ether oxygens (including phenoxy) is 1. The molecule has 0 aliphatic heterocycles. The number of aromatic nitrogens is 4. The molecule has 1 atom stereocenters. The van der Waals surface area contributed by atoms with E-state index in [1.807, 2.05) is 31.2 Å². The fourth-order valence-electron chi connectivity index (χ4n) is 3.10. The lowest BCUT2D eigenvalue weighted by Crippen LogP contribution is -2.38. The smallest absolute Gasteiger partial charge is 0.332 e. The monoisotopic (exact) mass is 385 g/mol. The largest absolute Gasteiger partial charge is 0.497 e. The van der Waals surface area contributed by atoms with E-state index in [2.05, 4.69) is 4.98 Å². The second-order valence-corrected chi connectivity index (χ2v) is 6.70. The molecular weight excluding hydrogens is 362 g/mol. The zero-order valence-corrected chi connectivity index (χ0v) is 16.5. The van der Waals surface area contributed by atoms with Crippen molar-refractivity contribution in [1.29, 1.82) is 0 Å². The van der Waals surface area contributed by atoms with E-state index in [1.54, 1.807) is 26.1 Å². The Kier molecular flexibility index (Phi) is 5.08. The van der Waals surface area contributed by atoms with Crippen LogP contribution in [0.1, 0.15) is 18.5 Å². The van der Waals surface area contributed by atoms with Crippen LogP contribution in [0.25, 0.3) is 11.2 Å². The minimum Gasteiger partial charge on any atom is -0.497 e. The number of benzene rings is 1. The molecule has 0 saturated carbocycles. The molecule has 0 N–H and O–H groups in total. The van der Waals surface area contributed by atoms with Crippen molar-refractivity contribution in [3.8, 4) is 5.75 Å². The molecule has 2 heterocycles. The van der Waals surface area contributed by atoms with Gasteiger partial charge in [-0.2, -0.15) is 0 Å². The van der Waals surface area contributed by atoms with Gasteiger partial charge in [0.05, 0.1) is 19.5 Å². The number of carbonyl (C=O) groups is 1. The summed E-state index contributed by atoms with van der Waals surface area (Å²) >= 11 is 0. The average molecular weight is 385 g/mol. The quantitative estimate of drug-likeness (QED) is 0.644. The van der Waals surface area contributed by atoms with Gasteiger partial charge in [0.15, 0.2) is 11.2 Å². The molecule has 9 nitrogen and oxygen atoms in total. The summed E-state index contributed by atoms with van der Waals surface area (Å²) in [6, 6.07) is 7.34. The zero-order chi connectivity index (χ0) is 20.6. The van der Waals surface area contributed by atoms with E-state index in [0.717, 1.165) is 15.9 Å². The van der Waals surface area contributed by atoms with Gasteiger partial charge in [0.1, 0.15) is 12.3 Å². The summed E-state index contributed by atoms with van der Waals surface area (Å²) in [6.45, 7) is 1.87. The number of imidazole rings is 1. The second-order valence-electron chi connectivity index (χ2n) is 6.70. The van der Waals surface area contributed by atoms with Crippen LogP contribution < -0.4 is 16.0 Å². The van der Waals surface area contributed by atoms with Gasteiger partial charge in [-0.1, -0.05) is 12.1 Å². The third-order valence-electron chi connectivity index (χ3n) is 5.10. The van der Waals surface area contributed by atoms with Crippen molar-refractivity contribution >= 4 is 17.1 Å². The van der Waals surface area contributed by atoms with Crippen LogP contribution >= 0.6 is 0 Å². The molecule has 0 aliphatic carbocycles. The van der Waals surface area contributed by atoms with Crippen LogP contribution in [0.15, 0.2) is 40.2 Å². The van der Waals surface area contributed by atoms with Crippen molar-refractivity contribution in [3.05, 3.63) is 57.0 Å². The maximum absolute atomic E-state index is 12.8. The molecule has 28 heavy (non-hydrogen) atoms. The molecule has 148 valence electrons. The number of aryl methyl sites for hydroxylation is 1. The number of hydrogen-bond acceptors (Lipinski definition) is 5. The molecule has 9 heteroatoms. The molecule has 3 aromatic rings. The normalized spacial score (nSPS) is 12.2. The molecule has 1 unspecified atom stereocenters. The topological polar surface area (TPSA) is 91.4 Å². The van der Waals surface area contributed by atoms with Crippen molar-refractivity contribution in [2.24, 2.45) is 14.1 Å². The molecule has 1 amide bonds. The van der Waals surface area contributed by atoms with Gasteiger partial charge in [-0.05, 0) is 24.6 Å². The highest BCUT2D eigenvalue weighted by atomic mass is 16.5. The van der Waals surface area contributed by atoms with E-state index in [-0.39, 0.29) is 29.7 Å². The summed E-state index contributed by atoms with van der Waals surface area (Å²) in [5.74, 6) is 0.565. The summed E-state index contributed by atoms with van der Waals surface area (Å²) in [4.78, 5) is 43.1. The summed E-state index contributed by atoms with van der Waals surface area (Å²) in [7, 11) is 6.26. The molecule has 0 saturated heterocycles. The average Bonchev–Trinajstić information content (AvgIpc) is 3.13. The Labute approximate surface area is 161 Å². The zero-order valence-electron chi connectivity index (χ0n) is 16.5. The van der Waals surface area contributed by atoms with Crippen LogP contribution in [0.4, 0.5) is 0 Å². The van der Waals surface area contributed by atoms with E-state index in [4.69, 9.17) is 4.74 Å². The Balaban J connectivity index is 1.88. The highest BCUT2D eigenvalue weighted by Gasteiger charge is 2.21. The van der Waals surface area contributed by atoms with Crippen molar-refractivity contribution in [2.75, 3.05) is 14.2 Å². The van der Waals surface area contributed by atoms with E-state index in [0.29, 0.717) is 0 Å². The number of methoxy groups -OCH3 is 1. The fraction of sp³-hybridized carbons (Fsp3) is 0.368. The highest BCUT2D eigenvalue weighted by molar-refractivity contribution is 5.79. The van der Waals surface area contributed by atoms with Gasteiger partial charge >= 0.3 is 5.69 Å². The molecule has 3 rings (SSSR count). The standard InChI is InChI=1S/C19H23N5O4/c1-12(13-6-8-14(28-5)9-7-13)21(2)15(25)10-24-11-20-17-16(24)18(26)23(4)19(27)22(17)3/h6-9,11-12H,10H2,1-5H3. The molecule has 0 spiro atoms. The predicted molar refractivity (Wildman–Crippen MR) is 104 cm³/mol. The van der Waals surface area contributed by atoms with Gasteiger partial charge in [-0.25, -0.2) is 9.78 Å². The van der Waals surface area contributed by atoms with Gasteiger partial charge in [-0.3, -0.25) is 18.7 Å². The Bertz CT molecular complexity index is 1140. The van der Waals surface area contributed by atoms with Crippen LogP contribution in [0.2, 0.25) is 0 Å². The summed E-state index contributed by atoms with van der Waals surface area (Å²) in [5, 5.41) is 0. The maximum atomic E-state index is 12.8. The summed E-state index contributed by atoms with van der Waals surface area (Å²) in [5.41, 5.74) is 0.509. The third-order valence-corrected chi connectivity index (χ3v) is 5.10. The Hall–Kier alpha value is -3.36. The number of carbonyl (C=O) groups excluding carboxylic acids is 1. The lowest BCUT2D eigenvalue weighted by molar-refractivity contribution is -0.132. The van der Waals surface area contributed by atoms with Gasteiger partial charge in [0, 0.05) is 21.1 Å². The van der Waals surface area contributed by atoms with Gasteiger partial charge in [0.25, 0.3) is 5.56 Å². The molecule has 0 bridgehead atoms. The number of amides is 1. The van der Waals surface area contributed by atoms with E-state index >= 15 is 0 Å². The van der Waals surface area contributed by atoms with Crippen molar-refractivity contribution < 1.29 is 9.53 Å². The fourth-order valence-corrected chi connectivity index (χ4v) is 3.10. The molecule has 0 aliphatic rings. The van der Waals surface area contributed by atoms with Gasteiger partial charge in [0.2, 0.25) is 5.91 Å². The first-order valence-electron chi connectivity index (χ1n) is 8.76. The number of fused-ring (bicyclic) bond motifs is 1. The highest BCUT2D eigenvalue weighted by Crippen LogP contribution is 2.22. The van der Waals surface area contributed by atoms with Crippen LogP contribution in [0, 0.1) is 0 Å². The minimum atomic E-state index is -0.478. The predicted octanol–water partition coefficient (Wildman–Crippen LogP) is 0.662. The van der Waals surface area contributed by atoms with Crippen molar-refractivity contribution in [3.63, 3.8) is 0 Å². The number of rotatable bonds is 5. The van der Waals surface area contributed by atoms with Crippen LogP contribution in [-0.4, -0.2) is 43.6 Å². The number of nitrogens with zero attached hydrogens (tertiary/aromatic N) is 5. The minimum absolute atomic E-state index is 0.0546.